The summed E-state index contributed by atoms with van der Waals surface area (Å²) in [6.45, 7) is 2.81. The number of urea groups is 1. The average molecular weight is 311 g/mol. The van der Waals surface area contributed by atoms with E-state index in [1.807, 2.05) is 19.1 Å². The summed E-state index contributed by atoms with van der Waals surface area (Å²) in [7, 11) is 0. The molecular formula is C15H19ClN2O3. The minimum atomic E-state index is -0.945. The van der Waals surface area contributed by atoms with Crippen molar-refractivity contribution < 1.29 is 14.7 Å². The molecule has 21 heavy (non-hydrogen) atoms. The molecule has 1 aliphatic heterocycles. The molecule has 1 fully saturated rings. The maximum atomic E-state index is 12.2. The van der Waals surface area contributed by atoms with Gasteiger partial charge in [0.2, 0.25) is 0 Å². The zero-order valence-corrected chi connectivity index (χ0v) is 12.6. The molecule has 1 saturated heterocycles. The number of rotatable bonds is 3. The van der Waals surface area contributed by atoms with E-state index in [2.05, 4.69) is 5.32 Å². The highest BCUT2D eigenvalue weighted by atomic mass is 35.5. The van der Waals surface area contributed by atoms with Gasteiger partial charge in [0.1, 0.15) is 6.04 Å². The van der Waals surface area contributed by atoms with Gasteiger partial charge in [0, 0.05) is 18.1 Å². The van der Waals surface area contributed by atoms with Crippen LogP contribution in [0.4, 0.5) is 4.79 Å². The Kier molecular flexibility index (Phi) is 5.07. The van der Waals surface area contributed by atoms with Crippen LogP contribution >= 0.6 is 11.6 Å². The second-order valence-corrected chi connectivity index (χ2v) is 5.90. The van der Waals surface area contributed by atoms with Crippen molar-refractivity contribution in [2.24, 2.45) is 5.92 Å². The second-order valence-electron chi connectivity index (χ2n) is 5.47. The van der Waals surface area contributed by atoms with Crippen LogP contribution < -0.4 is 5.32 Å². The van der Waals surface area contributed by atoms with E-state index >= 15 is 0 Å². The Balaban J connectivity index is 1.97. The van der Waals surface area contributed by atoms with E-state index in [9.17, 15) is 14.7 Å². The summed E-state index contributed by atoms with van der Waals surface area (Å²) < 4.78 is 0. The number of halogens is 1. The van der Waals surface area contributed by atoms with Crippen molar-refractivity contribution in [3.05, 3.63) is 34.9 Å². The quantitative estimate of drug-likeness (QED) is 0.902. The van der Waals surface area contributed by atoms with Gasteiger partial charge in [-0.25, -0.2) is 9.59 Å². The van der Waals surface area contributed by atoms with Crippen LogP contribution in [0.25, 0.3) is 0 Å². The summed E-state index contributed by atoms with van der Waals surface area (Å²) in [6.07, 6.45) is 1.33. The highest BCUT2D eigenvalue weighted by Gasteiger charge is 2.34. The molecule has 0 aliphatic carbocycles. The van der Waals surface area contributed by atoms with E-state index in [1.54, 1.807) is 12.1 Å². The van der Waals surface area contributed by atoms with Crippen molar-refractivity contribution in [2.45, 2.75) is 32.4 Å². The Hall–Kier alpha value is -1.75. The Morgan fingerprint density at radius 2 is 2.24 bits per heavy atom. The molecule has 114 valence electrons. The smallest absolute Gasteiger partial charge is 0.326 e. The zero-order valence-electron chi connectivity index (χ0n) is 11.9. The first-order chi connectivity index (χ1) is 9.97. The number of carbonyl (C=O) groups is 2. The molecule has 5 nitrogen and oxygen atoms in total. The van der Waals surface area contributed by atoms with Gasteiger partial charge in [0.15, 0.2) is 0 Å². The number of carboxylic acids is 1. The second kappa shape index (κ2) is 6.80. The summed E-state index contributed by atoms with van der Waals surface area (Å²) >= 11 is 5.89. The third-order valence-electron chi connectivity index (χ3n) is 3.74. The molecule has 2 atom stereocenters. The Bertz CT molecular complexity index is 535. The van der Waals surface area contributed by atoms with E-state index < -0.39 is 12.0 Å². The molecule has 0 radical (unpaired) electrons. The summed E-state index contributed by atoms with van der Waals surface area (Å²) in [5.41, 5.74) is 0.883. The van der Waals surface area contributed by atoms with Gasteiger partial charge in [-0.05, 0) is 36.5 Å². The van der Waals surface area contributed by atoms with Crippen LogP contribution in [0.3, 0.4) is 0 Å². The van der Waals surface area contributed by atoms with E-state index in [0.29, 0.717) is 30.5 Å². The third-order valence-corrected chi connectivity index (χ3v) is 3.98. The molecule has 6 heteroatoms. The first-order valence-corrected chi connectivity index (χ1v) is 7.37. The van der Waals surface area contributed by atoms with Crippen molar-refractivity contribution in [2.75, 3.05) is 6.54 Å². The third kappa shape index (κ3) is 4.11. The van der Waals surface area contributed by atoms with Gasteiger partial charge in [-0.2, -0.15) is 0 Å². The molecule has 1 aromatic carbocycles. The van der Waals surface area contributed by atoms with Gasteiger partial charge in [-0.1, -0.05) is 30.7 Å². The fraction of sp³-hybridized carbons (Fsp3) is 0.467. The first kappa shape index (κ1) is 15.6. The van der Waals surface area contributed by atoms with Crippen LogP contribution in [-0.4, -0.2) is 34.6 Å². The Morgan fingerprint density at radius 3 is 2.90 bits per heavy atom. The molecule has 0 spiro atoms. The predicted octanol–water partition coefficient (Wildman–Crippen LogP) is 2.73. The van der Waals surface area contributed by atoms with Crippen molar-refractivity contribution in [1.82, 2.24) is 10.2 Å². The average Bonchev–Trinajstić information content (AvgIpc) is 2.44. The Morgan fingerprint density at radius 1 is 1.48 bits per heavy atom. The maximum Gasteiger partial charge on any atom is 0.326 e. The number of hydrogen-bond donors (Lipinski definition) is 2. The number of amides is 2. The molecular weight excluding hydrogens is 292 g/mol. The van der Waals surface area contributed by atoms with Crippen LogP contribution in [0.1, 0.15) is 25.3 Å². The lowest BCUT2D eigenvalue weighted by atomic mass is 9.93. The molecule has 0 bridgehead atoms. The van der Waals surface area contributed by atoms with Crippen molar-refractivity contribution in [1.29, 1.82) is 0 Å². The maximum absolute atomic E-state index is 12.2. The first-order valence-electron chi connectivity index (χ1n) is 6.99. The SMILES string of the molecule is CC1CCN(C(=O)NCc2cccc(Cl)c2)C(C(=O)O)C1. The zero-order chi connectivity index (χ0) is 15.4. The van der Waals surface area contributed by atoms with Crippen LogP contribution in [0.5, 0.6) is 0 Å². The van der Waals surface area contributed by atoms with Gasteiger partial charge in [0.05, 0.1) is 0 Å². The number of carbonyl (C=O) groups excluding carboxylic acids is 1. The molecule has 1 aromatic rings. The van der Waals surface area contributed by atoms with Gasteiger partial charge in [-0.15, -0.1) is 0 Å². The van der Waals surface area contributed by atoms with E-state index in [1.165, 1.54) is 4.90 Å². The summed E-state index contributed by atoms with van der Waals surface area (Å²) in [4.78, 5) is 24.9. The fourth-order valence-corrected chi connectivity index (χ4v) is 2.76. The van der Waals surface area contributed by atoms with Crippen molar-refractivity contribution in [3.63, 3.8) is 0 Å². The number of hydrogen-bond acceptors (Lipinski definition) is 2. The van der Waals surface area contributed by atoms with Gasteiger partial charge < -0.3 is 15.3 Å². The molecule has 2 amide bonds. The molecule has 2 rings (SSSR count). The van der Waals surface area contributed by atoms with Crippen LogP contribution in [-0.2, 0) is 11.3 Å². The van der Waals surface area contributed by atoms with Gasteiger partial charge >= 0.3 is 12.0 Å². The van der Waals surface area contributed by atoms with Gasteiger partial charge in [-0.3, -0.25) is 0 Å². The number of nitrogens with one attached hydrogen (secondary N) is 1. The number of carboxylic acid groups (broad SMARTS) is 1. The minimum Gasteiger partial charge on any atom is -0.480 e. The van der Waals surface area contributed by atoms with Crippen molar-refractivity contribution in [3.8, 4) is 0 Å². The molecule has 1 heterocycles. The predicted molar refractivity (Wildman–Crippen MR) is 80.2 cm³/mol. The fourth-order valence-electron chi connectivity index (χ4n) is 2.54. The molecule has 2 N–H and O–H groups in total. The lowest BCUT2D eigenvalue weighted by molar-refractivity contribution is -0.143. The van der Waals surface area contributed by atoms with E-state index in [0.717, 1.165) is 12.0 Å². The number of benzene rings is 1. The topological polar surface area (TPSA) is 69.6 Å². The summed E-state index contributed by atoms with van der Waals surface area (Å²) in [5, 5.41) is 12.6. The number of piperidine rings is 1. The van der Waals surface area contributed by atoms with Gasteiger partial charge in [0.25, 0.3) is 0 Å². The summed E-state index contributed by atoms with van der Waals surface area (Å²) in [5.74, 6) is -0.623. The number of aliphatic carboxylic acids is 1. The minimum absolute atomic E-state index is 0.322. The molecule has 0 saturated carbocycles. The van der Waals surface area contributed by atoms with Crippen LogP contribution in [0.15, 0.2) is 24.3 Å². The monoisotopic (exact) mass is 310 g/mol. The normalized spacial score (nSPS) is 21.9. The summed E-state index contributed by atoms with van der Waals surface area (Å²) in [6, 6.07) is 6.13. The molecule has 0 aromatic heterocycles. The van der Waals surface area contributed by atoms with Crippen molar-refractivity contribution >= 4 is 23.6 Å². The standard InChI is InChI=1S/C15H19ClN2O3/c1-10-5-6-18(13(7-10)14(19)20)15(21)17-9-11-3-2-4-12(16)8-11/h2-4,8,10,13H,5-7,9H2,1H3,(H,17,21)(H,19,20). The van der Waals surface area contributed by atoms with Crippen LogP contribution in [0, 0.1) is 5.92 Å². The molecule has 1 aliphatic rings. The largest absolute Gasteiger partial charge is 0.480 e. The van der Waals surface area contributed by atoms with E-state index in [4.69, 9.17) is 11.6 Å². The van der Waals surface area contributed by atoms with Crippen LogP contribution in [0.2, 0.25) is 5.02 Å². The molecule has 2 unspecified atom stereocenters. The lowest BCUT2D eigenvalue weighted by Gasteiger charge is -2.35. The highest BCUT2D eigenvalue weighted by Crippen LogP contribution is 2.22. The highest BCUT2D eigenvalue weighted by molar-refractivity contribution is 6.30. The van der Waals surface area contributed by atoms with E-state index in [-0.39, 0.29) is 6.03 Å². The lowest BCUT2D eigenvalue weighted by Crippen LogP contribution is -2.53. The number of nitrogens with zero attached hydrogens (tertiary/aromatic N) is 1. The number of likely N-dealkylation sites (tertiary alicyclic amines) is 1. The Labute approximate surface area is 128 Å².